The normalized spacial score (nSPS) is 18.8. The standard InChI is InChI=1S/C5H11O3/c1-4(2)5(6,7)8-3/h4,6H,1-3H3/q-1/i7+2. The fourth-order valence-electron chi connectivity index (χ4n) is 0.236. The van der Waals surface area contributed by atoms with Crippen molar-refractivity contribution in [3.8, 4) is 0 Å². The molecule has 0 bridgehead atoms. The van der Waals surface area contributed by atoms with Gasteiger partial charge < -0.3 is 14.9 Å². The van der Waals surface area contributed by atoms with Gasteiger partial charge in [0.05, 0.1) is 5.97 Å². The number of rotatable bonds is 2. The zero-order chi connectivity index (χ0) is 6.78. The van der Waals surface area contributed by atoms with Crippen molar-refractivity contribution in [3.05, 3.63) is 0 Å². The highest BCUT2D eigenvalue weighted by Crippen LogP contribution is 2.08. The van der Waals surface area contributed by atoms with E-state index in [9.17, 15) is 5.11 Å². The summed E-state index contributed by atoms with van der Waals surface area (Å²) in [6.07, 6.45) is 0. The van der Waals surface area contributed by atoms with Crippen LogP contribution in [0.1, 0.15) is 13.8 Å². The van der Waals surface area contributed by atoms with E-state index in [1.807, 2.05) is 0 Å². The molecule has 0 rings (SSSR count). The average Bonchev–Trinajstić information content (AvgIpc) is 1.67. The first kappa shape index (κ1) is 7.88. The Bertz CT molecular complexity index is 68.1. The van der Waals surface area contributed by atoms with Gasteiger partial charge in [-0.05, 0) is 5.92 Å². The van der Waals surface area contributed by atoms with E-state index in [0.29, 0.717) is 0 Å². The molecular formula is C5H11O3-. The topological polar surface area (TPSA) is 52.5 Å². The van der Waals surface area contributed by atoms with Crippen molar-refractivity contribution in [1.82, 2.24) is 0 Å². The van der Waals surface area contributed by atoms with E-state index in [1.54, 1.807) is 13.8 Å². The summed E-state index contributed by atoms with van der Waals surface area (Å²) in [7, 11) is 1.19. The van der Waals surface area contributed by atoms with Crippen LogP contribution >= 0.6 is 0 Å². The summed E-state index contributed by atoms with van der Waals surface area (Å²) in [5, 5.41) is 19.1. The summed E-state index contributed by atoms with van der Waals surface area (Å²) in [5.41, 5.74) is 0. The molecule has 50 valence electrons. The van der Waals surface area contributed by atoms with Crippen LogP contribution in [0.15, 0.2) is 0 Å². The molecule has 3 heteroatoms. The highest BCUT2D eigenvalue weighted by Gasteiger charge is 2.14. The first-order valence-corrected chi connectivity index (χ1v) is 2.48. The van der Waals surface area contributed by atoms with E-state index in [0.717, 1.165) is 0 Å². The van der Waals surface area contributed by atoms with Crippen LogP contribution < -0.4 is 5.11 Å². The second-order valence-electron chi connectivity index (χ2n) is 1.99. The van der Waals surface area contributed by atoms with Crippen LogP contribution in [0.3, 0.4) is 0 Å². The Morgan fingerprint density at radius 1 is 1.62 bits per heavy atom. The summed E-state index contributed by atoms with van der Waals surface area (Å²) in [5.74, 6) is -2.62. The molecule has 0 saturated carbocycles. The number of hydrogen-bond acceptors (Lipinski definition) is 3. The Kier molecular flexibility index (Phi) is 2.40. The van der Waals surface area contributed by atoms with Crippen molar-refractivity contribution in [2.45, 2.75) is 19.8 Å². The molecule has 0 aromatic carbocycles. The lowest BCUT2D eigenvalue weighted by Crippen LogP contribution is -2.50. The lowest BCUT2D eigenvalue weighted by Gasteiger charge is -2.36. The molecular weight excluding hydrogens is 110 g/mol. The van der Waals surface area contributed by atoms with E-state index >= 15 is 0 Å². The van der Waals surface area contributed by atoms with E-state index < -0.39 is 11.9 Å². The SMILES string of the molecule is COC(O)([18O-])C(C)C. The molecule has 0 spiro atoms. The molecule has 0 aromatic heterocycles. The second kappa shape index (κ2) is 2.44. The second-order valence-corrected chi connectivity index (χ2v) is 1.99. The molecule has 0 amide bonds. The van der Waals surface area contributed by atoms with Crippen LogP contribution in [-0.4, -0.2) is 18.2 Å². The van der Waals surface area contributed by atoms with Gasteiger partial charge in [0.2, 0.25) is 0 Å². The predicted octanol–water partition coefficient (Wildman–Crippen LogP) is -0.705. The predicted molar refractivity (Wildman–Crippen MR) is 26.8 cm³/mol. The largest absolute Gasteiger partial charge is 0.807 e. The van der Waals surface area contributed by atoms with Crippen LogP contribution in [0.2, 0.25) is 0 Å². The van der Waals surface area contributed by atoms with Gasteiger partial charge in [0, 0.05) is 7.11 Å². The third-order valence-electron chi connectivity index (χ3n) is 1.02. The fraction of sp³-hybridized carbons (Fsp3) is 1.00. The van der Waals surface area contributed by atoms with Gasteiger partial charge in [0.15, 0.2) is 0 Å². The van der Waals surface area contributed by atoms with Gasteiger partial charge in [0.25, 0.3) is 0 Å². The Balaban J connectivity index is 3.71. The fourth-order valence-corrected chi connectivity index (χ4v) is 0.236. The van der Waals surface area contributed by atoms with Crippen LogP contribution in [0.25, 0.3) is 0 Å². The van der Waals surface area contributed by atoms with Gasteiger partial charge in [-0.25, -0.2) is 0 Å². The molecule has 0 aliphatic carbocycles. The Hall–Kier alpha value is -0.120. The lowest BCUT2D eigenvalue weighted by molar-refractivity contribution is -0.635. The summed E-state index contributed by atoms with van der Waals surface area (Å²) < 4.78 is 4.20. The van der Waals surface area contributed by atoms with Gasteiger partial charge >= 0.3 is 0 Å². The molecule has 0 aliphatic rings. The van der Waals surface area contributed by atoms with Gasteiger partial charge in [0.1, 0.15) is 0 Å². The maximum atomic E-state index is 10.5. The van der Waals surface area contributed by atoms with Crippen molar-refractivity contribution in [3.63, 3.8) is 0 Å². The van der Waals surface area contributed by atoms with E-state index in [-0.39, 0.29) is 0 Å². The molecule has 0 heterocycles. The maximum Gasteiger partial charge on any atom is 0.0971 e. The zero-order valence-electron chi connectivity index (χ0n) is 5.34. The Morgan fingerprint density at radius 2 is 2.00 bits per heavy atom. The molecule has 1 N–H and O–H groups in total. The van der Waals surface area contributed by atoms with Crippen molar-refractivity contribution in [1.29, 1.82) is 0 Å². The summed E-state index contributed by atoms with van der Waals surface area (Å²) in [6.45, 7) is 3.19. The molecule has 0 fully saturated rings. The monoisotopic (exact) mass is 121 g/mol. The minimum absolute atomic E-state index is 0.410. The molecule has 0 radical (unpaired) electrons. The van der Waals surface area contributed by atoms with Gasteiger partial charge in [-0.3, -0.25) is 0 Å². The van der Waals surface area contributed by atoms with Crippen molar-refractivity contribution in [2.24, 2.45) is 5.92 Å². The molecule has 8 heavy (non-hydrogen) atoms. The van der Waals surface area contributed by atoms with E-state index in [2.05, 4.69) is 4.74 Å². The van der Waals surface area contributed by atoms with Gasteiger partial charge in [-0.1, -0.05) is 13.8 Å². The number of aliphatic hydroxyl groups is 1. The molecule has 1 atom stereocenters. The van der Waals surface area contributed by atoms with Crippen LogP contribution in [0.5, 0.6) is 0 Å². The quantitative estimate of drug-likeness (QED) is 0.388. The Labute approximate surface area is 48.9 Å². The third-order valence-corrected chi connectivity index (χ3v) is 1.02. The minimum Gasteiger partial charge on any atom is -0.807 e. The smallest absolute Gasteiger partial charge is 0.0971 e. The molecule has 0 aliphatic heterocycles. The molecule has 3 nitrogen and oxygen atoms in total. The van der Waals surface area contributed by atoms with Crippen molar-refractivity contribution >= 4 is 0 Å². The molecule has 0 saturated heterocycles. The average molecular weight is 121 g/mol. The third kappa shape index (κ3) is 1.78. The zero-order valence-corrected chi connectivity index (χ0v) is 5.34. The number of methoxy groups -OCH3 is 1. The van der Waals surface area contributed by atoms with Crippen molar-refractivity contribution < 1.29 is 14.9 Å². The number of hydrogen-bond donors (Lipinski definition) is 1. The van der Waals surface area contributed by atoms with Gasteiger partial charge in [-0.2, -0.15) is 0 Å². The first-order valence-electron chi connectivity index (χ1n) is 2.48. The molecule has 1 unspecified atom stereocenters. The summed E-state index contributed by atoms with van der Waals surface area (Å²) >= 11 is 0. The minimum atomic E-state index is -2.21. The van der Waals surface area contributed by atoms with Crippen LogP contribution in [0, 0.1) is 5.92 Å². The lowest BCUT2D eigenvalue weighted by atomic mass is 10.2. The first-order chi connectivity index (χ1) is 3.50. The summed E-state index contributed by atoms with van der Waals surface area (Å²) in [6, 6.07) is 0. The highest BCUT2D eigenvalue weighted by molar-refractivity contribution is 4.51. The van der Waals surface area contributed by atoms with Gasteiger partial charge in [-0.15, -0.1) is 0 Å². The van der Waals surface area contributed by atoms with Crippen LogP contribution in [-0.2, 0) is 4.74 Å². The van der Waals surface area contributed by atoms with Crippen molar-refractivity contribution in [2.75, 3.05) is 7.11 Å². The summed E-state index contributed by atoms with van der Waals surface area (Å²) in [4.78, 5) is 0. The van der Waals surface area contributed by atoms with E-state index in [4.69, 9.17) is 5.11 Å². The highest BCUT2D eigenvalue weighted by atomic mass is 18.2. The number of ether oxygens (including phenoxy) is 1. The maximum absolute atomic E-state index is 10.5. The Morgan fingerprint density at radius 3 is 2.00 bits per heavy atom. The van der Waals surface area contributed by atoms with Crippen LogP contribution in [0.4, 0.5) is 0 Å². The molecule has 0 aromatic rings. The van der Waals surface area contributed by atoms with E-state index in [1.165, 1.54) is 7.11 Å².